The SMILES string of the molecule is CCCC(O)COc1ccccc1CCC(OCC(O)CCC)c1ccccc1. The fraction of sp³-hybridized carbons (Fsp3) is 0.520. The summed E-state index contributed by atoms with van der Waals surface area (Å²) >= 11 is 0. The standard InChI is InChI=1S/C25H36O4/c1-3-10-22(26)18-28-24-15-9-8-14-21(24)16-17-25(20-12-6-5-7-13-20)29-19-23(27)11-4-2/h5-9,12-15,22-23,25-27H,3-4,10-11,16-19H2,1-2H3. The van der Waals surface area contributed by atoms with E-state index in [1.54, 1.807) is 0 Å². The van der Waals surface area contributed by atoms with Crippen molar-refractivity contribution in [3.05, 3.63) is 65.7 Å². The van der Waals surface area contributed by atoms with Gasteiger partial charge in [-0.15, -0.1) is 0 Å². The van der Waals surface area contributed by atoms with E-state index in [0.29, 0.717) is 13.2 Å². The average Bonchev–Trinajstić information content (AvgIpc) is 2.74. The molecule has 0 saturated carbocycles. The van der Waals surface area contributed by atoms with Gasteiger partial charge in [0.1, 0.15) is 12.4 Å². The van der Waals surface area contributed by atoms with Crippen LogP contribution in [0.25, 0.3) is 0 Å². The number of para-hydroxylation sites is 1. The number of hydrogen-bond donors (Lipinski definition) is 2. The van der Waals surface area contributed by atoms with Crippen LogP contribution < -0.4 is 4.74 Å². The summed E-state index contributed by atoms with van der Waals surface area (Å²) in [5.74, 6) is 0.820. The van der Waals surface area contributed by atoms with Crippen molar-refractivity contribution in [1.29, 1.82) is 0 Å². The Hall–Kier alpha value is -1.88. The zero-order valence-electron chi connectivity index (χ0n) is 17.8. The molecule has 0 aromatic heterocycles. The van der Waals surface area contributed by atoms with Crippen molar-refractivity contribution >= 4 is 0 Å². The first-order valence-corrected chi connectivity index (χ1v) is 10.9. The molecule has 2 rings (SSSR count). The molecule has 0 aliphatic rings. The van der Waals surface area contributed by atoms with Crippen molar-refractivity contribution in [1.82, 2.24) is 0 Å². The van der Waals surface area contributed by atoms with E-state index in [-0.39, 0.29) is 6.10 Å². The molecule has 0 aliphatic carbocycles. The molecule has 0 spiro atoms. The first kappa shape index (κ1) is 23.4. The van der Waals surface area contributed by atoms with Crippen LogP contribution in [0.3, 0.4) is 0 Å². The van der Waals surface area contributed by atoms with Crippen LogP contribution in [0.1, 0.15) is 63.2 Å². The van der Waals surface area contributed by atoms with Crippen LogP contribution in [-0.2, 0) is 11.2 Å². The van der Waals surface area contributed by atoms with Gasteiger partial charge in [-0.2, -0.15) is 0 Å². The highest BCUT2D eigenvalue weighted by Crippen LogP contribution is 2.27. The summed E-state index contributed by atoms with van der Waals surface area (Å²) in [4.78, 5) is 0. The third kappa shape index (κ3) is 8.57. The average molecular weight is 401 g/mol. The molecule has 160 valence electrons. The predicted octanol–water partition coefficient (Wildman–Crippen LogP) is 5.08. The smallest absolute Gasteiger partial charge is 0.122 e. The largest absolute Gasteiger partial charge is 0.491 e. The molecule has 0 radical (unpaired) electrons. The highest BCUT2D eigenvalue weighted by atomic mass is 16.5. The molecule has 29 heavy (non-hydrogen) atoms. The molecule has 0 aliphatic heterocycles. The van der Waals surface area contributed by atoms with E-state index in [0.717, 1.165) is 55.4 Å². The molecule has 4 heteroatoms. The molecule has 3 atom stereocenters. The van der Waals surface area contributed by atoms with E-state index in [4.69, 9.17) is 9.47 Å². The number of hydrogen-bond acceptors (Lipinski definition) is 4. The van der Waals surface area contributed by atoms with E-state index in [9.17, 15) is 10.2 Å². The number of rotatable bonds is 14. The maximum Gasteiger partial charge on any atom is 0.122 e. The lowest BCUT2D eigenvalue weighted by Crippen LogP contribution is -2.18. The maximum atomic E-state index is 10.1. The molecule has 3 unspecified atom stereocenters. The third-order valence-electron chi connectivity index (χ3n) is 4.98. The minimum absolute atomic E-state index is 0.0820. The summed E-state index contributed by atoms with van der Waals surface area (Å²) in [6, 6.07) is 18.1. The maximum absolute atomic E-state index is 10.1. The Labute approximate surface area is 175 Å². The number of aliphatic hydroxyl groups is 2. The Kier molecular flexibility index (Phi) is 10.8. The van der Waals surface area contributed by atoms with Crippen molar-refractivity contribution in [2.75, 3.05) is 13.2 Å². The summed E-state index contributed by atoms with van der Waals surface area (Å²) in [5, 5.41) is 20.0. The molecule has 0 saturated heterocycles. The Morgan fingerprint density at radius 3 is 2.07 bits per heavy atom. The molecule has 0 fully saturated rings. The lowest BCUT2D eigenvalue weighted by Gasteiger charge is -2.21. The van der Waals surface area contributed by atoms with Crippen molar-refractivity contribution in [2.24, 2.45) is 0 Å². The summed E-state index contributed by atoms with van der Waals surface area (Å²) in [6.45, 7) is 4.77. The molecular weight excluding hydrogens is 364 g/mol. The number of ether oxygens (including phenoxy) is 2. The third-order valence-corrected chi connectivity index (χ3v) is 4.98. The van der Waals surface area contributed by atoms with Crippen molar-refractivity contribution in [3.63, 3.8) is 0 Å². The molecule has 4 nitrogen and oxygen atoms in total. The molecular formula is C25H36O4. The lowest BCUT2D eigenvalue weighted by molar-refractivity contribution is -0.0166. The van der Waals surface area contributed by atoms with Crippen LogP contribution in [0.15, 0.2) is 54.6 Å². The van der Waals surface area contributed by atoms with Gasteiger partial charge in [-0.05, 0) is 42.9 Å². The Bertz CT molecular complexity index is 674. The van der Waals surface area contributed by atoms with Gasteiger partial charge in [-0.3, -0.25) is 0 Å². The highest BCUT2D eigenvalue weighted by molar-refractivity contribution is 5.33. The molecule has 0 bridgehead atoms. The first-order valence-electron chi connectivity index (χ1n) is 10.9. The van der Waals surface area contributed by atoms with E-state index in [1.165, 1.54) is 0 Å². The van der Waals surface area contributed by atoms with Crippen molar-refractivity contribution in [3.8, 4) is 5.75 Å². The molecule has 0 amide bonds. The van der Waals surface area contributed by atoms with E-state index in [2.05, 4.69) is 32.0 Å². The topological polar surface area (TPSA) is 58.9 Å². The Balaban J connectivity index is 2.01. The van der Waals surface area contributed by atoms with Gasteiger partial charge in [0.05, 0.1) is 24.9 Å². The van der Waals surface area contributed by atoms with Gasteiger partial charge in [0.2, 0.25) is 0 Å². The second kappa shape index (κ2) is 13.4. The van der Waals surface area contributed by atoms with Crippen LogP contribution >= 0.6 is 0 Å². The second-order valence-electron chi connectivity index (χ2n) is 7.58. The minimum Gasteiger partial charge on any atom is -0.491 e. The predicted molar refractivity (Wildman–Crippen MR) is 117 cm³/mol. The van der Waals surface area contributed by atoms with Gasteiger partial charge in [-0.1, -0.05) is 75.2 Å². The van der Waals surface area contributed by atoms with Crippen molar-refractivity contribution in [2.45, 2.75) is 70.7 Å². The Morgan fingerprint density at radius 1 is 0.759 bits per heavy atom. The fourth-order valence-electron chi connectivity index (χ4n) is 3.40. The van der Waals surface area contributed by atoms with Gasteiger partial charge >= 0.3 is 0 Å². The van der Waals surface area contributed by atoms with Gasteiger partial charge in [0.25, 0.3) is 0 Å². The second-order valence-corrected chi connectivity index (χ2v) is 7.58. The van der Waals surface area contributed by atoms with Gasteiger partial charge in [0, 0.05) is 0 Å². The van der Waals surface area contributed by atoms with E-state index < -0.39 is 12.2 Å². The molecule has 2 N–H and O–H groups in total. The summed E-state index contributed by atoms with van der Waals surface area (Å²) in [6.07, 6.45) is 4.01. The van der Waals surface area contributed by atoms with Crippen LogP contribution in [0.5, 0.6) is 5.75 Å². The summed E-state index contributed by atoms with van der Waals surface area (Å²) < 4.78 is 12.0. The molecule has 2 aromatic carbocycles. The van der Waals surface area contributed by atoms with Crippen LogP contribution in [0, 0.1) is 0 Å². The summed E-state index contributed by atoms with van der Waals surface area (Å²) in [5.41, 5.74) is 2.22. The van der Waals surface area contributed by atoms with Gasteiger partial charge < -0.3 is 19.7 Å². The minimum atomic E-state index is -0.437. The van der Waals surface area contributed by atoms with Crippen LogP contribution in [-0.4, -0.2) is 35.6 Å². The molecule has 0 heterocycles. The van der Waals surface area contributed by atoms with Crippen LogP contribution in [0.4, 0.5) is 0 Å². The van der Waals surface area contributed by atoms with Gasteiger partial charge in [-0.25, -0.2) is 0 Å². The first-order chi connectivity index (χ1) is 14.1. The zero-order valence-corrected chi connectivity index (χ0v) is 17.8. The lowest BCUT2D eigenvalue weighted by atomic mass is 10.0. The van der Waals surface area contributed by atoms with E-state index in [1.807, 2.05) is 36.4 Å². The van der Waals surface area contributed by atoms with Crippen molar-refractivity contribution < 1.29 is 19.7 Å². The molecule has 2 aromatic rings. The Morgan fingerprint density at radius 2 is 1.38 bits per heavy atom. The van der Waals surface area contributed by atoms with Gasteiger partial charge in [0.15, 0.2) is 0 Å². The highest BCUT2D eigenvalue weighted by Gasteiger charge is 2.16. The quantitative estimate of drug-likeness (QED) is 0.464. The number of benzene rings is 2. The fourth-order valence-corrected chi connectivity index (χ4v) is 3.40. The number of aryl methyl sites for hydroxylation is 1. The van der Waals surface area contributed by atoms with Crippen LogP contribution in [0.2, 0.25) is 0 Å². The van der Waals surface area contributed by atoms with E-state index >= 15 is 0 Å². The summed E-state index contributed by atoms with van der Waals surface area (Å²) in [7, 11) is 0. The number of aliphatic hydroxyl groups excluding tert-OH is 2. The normalized spacial score (nSPS) is 14.3. The zero-order chi connectivity index (χ0) is 20.9. The monoisotopic (exact) mass is 400 g/mol.